The van der Waals surface area contributed by atoms with E-state index in [0.717, 1.165) is 18.4 Å². The van der Waals surface area contributed by atoms with Gasteiger partial charge in [0.15, 0.2) is 0 Å². The molecule has 0 saturated carbocycles. The van der Waals surface area contributed by atoms with Gasteiger partial charge in [-0.05, 0) is 36.1 Å². The van der Waals surface area contributed by atoms with Crippen LogP contribution in [0.2, 0.25) is 0 Å². The number of carbonyl (C=O) groups is 1. The maximum absolute atomic E-state index is 12.9. The Bertz CT molecular complexity index is 869. The second kappa shape index (κ2) is 9.43. The maximum atomic E-state index is 12.9. The van der Waals surface area contributed by atoms with Crippen LogP contribution in [0.15, 0.2) is 67.0 Å². The number of halogens is 1. The minimum atomic E-state index is -0.271. The molecule has 5 nitrogen and oxygen atoms in total. The molecular weight excluding hydrogens is 343 g/mol. The Morgan fingerprint density at radius 3 is 2.52 bits per heavy atom. The van der Waals surface area contributed by atoms with Gasteiger partial charge >= 0.3 is 0 Å². The molecule has 0 fully saturated rings. The van der Waals surface area contributed by atoms with E-state index in [1.165, 1.54) is 24.0 Å². The minimum absolute atomic E-state index is 0.227. The monoisotopic (exact) mass is 364 g/mol. The molecule has 138 valence electrons. The first-order valence-electron chi connectivity index (χ1n) is 8.83. The molecule has 1 heterocycles. The summed E-state index contributed by atoms with van der Waals surface area (Å²) in [6, 6.07) is 18.0. The fourth-order valence-electron chi connectivity index (χ4n) is 2.60. The highest BCUT2D eigenvalue weighted by atomic mass is 19.1. The molecule has 0 aliphatic carbocycles. The quantitative estimate of drug-likeness (QED) is 0.600. The Balaban J connectivity index is 1.47. The molecule has 0 atom stereocenters. The van der Waals surface area contributed by atoms with Crippen molar-refractivity contribution < 1.29 is 9.18 Å². The van der Waals surface area contributed by atoms with Gasteiger partial charge in [0, 0.05) is 19.2 Å². The molecule has 0 spiro atoms. The van der Waals surface area contributed by atoms with E-state index in [2.05, 4.69) is 32.7 Å². The summed E-state index contributed by atoms with van der Waals surface area (Å²) in [7, 11) is 0. The van der Waals surface area contributed by atoms with Crippen molar-refractivity contribution in [3.63, 3.8) is 0 Å². The lowest BCUT2D eigenvalue weighted by molar-refractivity contribution is 0.0948. The summed E-state index contributed by atoms with van der Waals surface area (Å²) in [6.07, 6.45) is 3.12. The number of hydrogen-bond donors (Lipinski definition) is 2. The molecule has 27 heavy (non-hydrogen) atoms. The smallest absolute Gasteiger partial charge is 0.270 e. The summed E-state index contributed by atoms with van der Waals surface area (Å²) in [5.41, 5.74) is 2.48. The van der Waals surface area contributed by atoms with Gasteiger partial charge in [-0.1, -0.05) is 42.5 Å². The molecule has 2 aromatic carbocycles. The van der Waals surface area contributed by atoms with Crippen molar-refractivity contribution in [2.75, 3.05) is 11.9 Å². The fraction of sp³-hybridized carbons (Fsp3) is 0.190. The van der Waals surface area contributed by atoms with E-state index < -0.39 is 0 Å². The third kappa shape index (κ3) is 5.88. The SMILES string of the molecule is O=C(NCCCc1ccccc1)c1cc(NCc2ccc(F)cc2)ncn1. The molecule has 1 aromatic heterocycles. The lowest BCUT2D eigenvalue weighted by atomic mass is 10.1. The molecular formula is C21H21FN4O. The molecule has 0 radical (unpaired) electrons. The summed E-state index contributed by atoms with van der Waals surface area (Å²) < 4.78 is 12.9. The van der Waals surface area contributed by atoms with Crippen LogP contribution in [0.1, 0.15) is 28.0 Å². The predicted molar refractivity (Wildman–Crippen MR) is 103 cm³/mol. The Morgan fingerprint density at radius 2 is 1.74 bits per heavy atom. The fourth-order valence-corrected chi connectivity index (χ4v) is 2.60. The molecule has 3 rings (SSSR count). The first-order valence-corrected chi connectivity index (χ1v) is 8.83. The van der Waals surface area contributed by atoms with E-state index in [1.54, 1.807) is 18.2 Å². The molecule has 0 unspecified atom stereocenters. The molecule has 0 saturated heterocycles. The van der Waals surface area contributed by atoms with Crippen molar-refractivity contribution in [2.45, 2.75) is 19.4 Å². The van der Waals surface area contributed by atoms with Crippen molar-refractivity contribution in [3.05, 3.63) is 89.6 Å². The molecule has 6 heteroatoms. The average molecular weight is 364 g/mol. The van der Waals surface area contributed by atoms with Gasteiger partial charge in [0.1, 0.15) is 23.7 Å². The number of nitrogens with one attached hydrogen (secondary N) is 2. The van der Waals surface area contributed by atoms with Gasteiger partial charge in [-0.25, -0.2) is 14.4 Å². The van der Waals surface area contributed by atoms with Crippen molar-refractivity contribution in [3.8, 4) is 0 Å². The number of anilines is 1. The van der Waals surface area contributed by atoms with Crippen LogP contribution in [0, 0.1) is 5.82 Å². The van der Waals surface area contributed by atoms with E-state index in [9.17, 15) is 9.18 Å². The van der Waals surface area contributed by atoms with Crippen LogP contribution in [0.25, 0.3) is 0 Å². The van der Waals surface area contributed by atoms with Crippen LogP contribution < -0.4 is 10.6 Å². The van der Waals surface area contributed by atoms with E-state index in [4.69, 9.17) is 0 Å². The van der Waals surface area contributed by atoms with Crippen LogP contribution in [0.4, 0.5) is 10.2 Å². The molecule has 0 aliphatic heterocycles. The molecule has 2 N–H and O–H groups in total. The number of benzene rings is 2. The van der Waals surface area contributed by atoms with Gasteiger partial charge in [0.2, 0.25) is 0 Å². The third-order valence-corrected chi connectivity index (χ3v) is 4.06. The molecule has 0 bridgehead atoms. The van der Waals surface area contributed by atoms with Crippen LogP contribution in [-0.2, 0) is 13.0 Å². The minimum Gasteiger partial charge on any atom is -0.366 e. The van der Waals surface area contributed by atoms with Crippen molar-refractivity contribution in [2.24, 2.45) is 0 Å². The van der Waals surface area contributed by atoms with Crippen LogP contribution in [0.3, 0.4) is 0 Å². The second-order valence-electron chi connectivity index (χ2n) is 6.11. The Labute approximate surface area is 157 Å². The topological polar surface area (TPSA) is 66.9 Å². The van der Waals surface area contributed by atoms with E-state index >= 15 is 0 Å². The summed E-state index contributed by atoms with van der Waals surface area (Å²) in [5, 5.41) is 5.99. The van der Waals surface area contributed by atoms with Crippen molar-refractivity contribution in [1.29, 1.82) is 0 Å². The van der Waals surface area contributed by atoms with Gasteiger partial charge in [0.05, 0.1) is 0 Å². The van der Waals surface area contributed by atoms with Crippen LogP contribution >= 0.6 is 0 Å². The van der Waals surface area contributed by atoms with Gasteiger partial charge in [-0.3, -0.25) is 4.79 Å². The third-order valence-electron chi connectivity index (χ3n) is 4.06. The number of rotatable bonds is 8. The van der Waals surface area contributed by atoms with E-state index in [0.29, 0.717) is 24.6 Å². The average Bonchev–Trinajstić information content (AvgIpc) is 2.71. The number of hydrogen-bond acceptors (Lipinski definition) is 4. The maximum Gasteiger partial charge on any atom is 0.270 e. The Kier molecular flexibility index (Phi) is 6.46. The first kappa shape index (κ1) is 18.5. The van der Waals surface area contributed by atoms with E-state index in [-0.39, 0.29) is 11.7 Å². The van der Waals surface area contributed by atoms with Crippen molar-refractivity contribution >= 4 is 11.7 Å². The zero-order chi connectivity index (χ0) is 18.9. The number of carbonyl (C=O) groups excluding carboxylic acids is 1. The number of nitrogens with zero attached hydrogens (tertiary/aromatic N) is 2. The van der Waals surface area contributed by atoms with Gasteiger partial charge in [0.25, 0.3) is 5.91 Å². The lowest BCUT2D eigenvalue weighted by Gasteiger charge is -2.08. The normalized spacial score (nSPS) is 10.4. The van der Waals surface area contributed by atoms with Gasteiger partial charge in [-0.2, -0.15) is 0 Å². The lowest BCUT2D eigenvalue weighted by Crippen LogP contribution is -2.26. The van der Waals surface area contributed by atoms with Crippen molar-refractivity contribution in [1.82, 2.24) is 15.3 Å². The highest BCUT2D eigenvalue weighted by molar-refractivity contribution is 5.92. The standard InChI is InChI=1S/C21H21FN4O/c22-18-10-8-17(9-11-18)14-24-20-13-19(25-15-26-20)21(27)23-12-4-7-16-5-2-1-3-6-16/h1-3,5-6,8-11,13,15H,4,7,12,14H2,(H,23,27)(H,24,25,26). The summed E-state index contributed by atoms with van der Waals surface area (Å²) >= 11 is 0. The summed E-state index contributed by atoms with van der Waals surface area (Å²) in [6.45, 7) is 1.06. The molecule has 1 amide bonds. The first-order chi connectivity index (χ1) is 13.2. The summed E-state index contributed by atoms with van der Waals surface area (Å²) in [5.74, 6) is 0.0473. The number of aryl methyl sites for hydroxylation is 1. The largest absolute Gasteiger partial charge is 0.366 e. The Hall–Kier alpha value is -3.28. The van der Waals surface area contributed by atoms with Gasteiger partial charge in [-0.15, -0.1) is 0 Å². The van der Waals surface area contributed by atoms with Crippen LogP contribution in [0.5, 0.6) is 0 Å². The molecule has 0 aliphatic rings. The second-order valence-corrected chi connectivity index (χ2v) is 6.11. The highest BCUT2D eigenvalue weighted by Gasteiger charge is 2.08. The van der Waals surface area contributed by atoms with Crippen LogP contribution in [-0.4, -0.2) is 22.4 Å². The zero-order valence-electron chi connectivity index (χ0n) is 14.9. The highest BCUT2D eigenvalue weighted by Crippen LogP contribution is 2.08. The molecule has 3 aromatic rings. The number of amides is 1. The van der Waals surface area contributed by atoms with E-state index in [1.807, 2.05) is 18.2 Å². The zero-order valence-corrected chi connectivity index (χ0v) is 14.9. The number of aromatic nitrogens is 2. The predicted octanol–water partition coefficient (Wildman–Crippen LogP) is 3.59. The Morgan fingerprint density at radius 1 is 0.963 bits per heavy atom. The summed E-state index contributed by atoms with van der Waals surface area (Å²) in [4.78, 5) is 20.4. The van der Waals surface area contributed by atoms with Gasteiger partial charge < -0.3 is 10.6 Å².